The van der Waals surface area contributed by atoms with Crippen molar-refractivity contribution in [1.29, 1.82) is 0 Å². The molecule has 6 nitrogen and oxygen atoms in total. The first-order chi connectivity index (χ1) is 13.1. The van der Waals surface area contributed by atoms with Crippen LogP contribution in [-0.4, -0.2) is 44.3 Å². The van der Waals surface area contributed by atoms with Crippen molar-refractivity contribution in [2.24, 2.45) is 15.1 Å². The van der Waals surface area contributed by atoms with E-state index in [1.54, 1.807) is 14.2 Å². The van der Waals surface area contributed by atoms with E-state index in [0.717, 1.165) is 22.5 Å². The summed E-state index contributed by atoms with van der Waals surface area (Å²) >= 11 is 6.22. The summed E-state index contributed by atoms with van der Waals surface area (Å²) in [5.74, 6) is 0.620. The van der Waals surface area contributed by atoms with Gasteiger partial charge in [-0.05, 0) is 25.1 Å². The molecule has 7 heteroatoms. The van der Waals surface area contributed by atoms with Crippen molar-refractivity contribution in [2.75, 3.05) is 20.8 Å². The first kappa shape index (κ1) is 19.2. The number of nitrogens with one attached hydrogen (secondary N) is 1. The van der Waals surface area contributed by atoms with Gasteiger partial charge in [0.2, 0.25) is 0 Å². The number of rotatable bonds is 5. The lowest BCUT2D eigenvalue weighted by atomic mass is 10.0. The number of aliphatic imine (C=N–C) groups is 2. The lowest BCUT2D eigenvalue weighted by Crippen LogP contribution is -2.28. The van der Waals surface area contributed by atoms with Crippen LogP contribution < -0.4 is 5.43 Å². The molecule has 0 radical (unpaired) electrons. The fourth-order valence-electron chi connectivity index (χ4n) is 2.76. The van der Waals surface area contributed by atoms with Crippen molar-refractivity contribution in [1.82, 2.24) is 5.43 Å². The van der Waals surface area contributed by atoms with Crippen molar-refractivity contribution in [3.8, 4) is 0 Å². The van der Waals surface area contributed by atoms with Crippen LogP contribution in [0.2, 0.25) is 5.02 Å². The smallest absolute Gasteiger partial charge is 0.198 e. The van der Waals surface area contributed by atoms with E-state index in [-0.39, 0.29) is 0 Å². The highest BCUT2D eigenvalue weighted by molar-refractivity contribution is 6.31. The van der Waals surface area contributed by atoms with Gasteiger partial charge in [-0.15, -0.1) is 0 Å². The normalized spacial score (nSPS) is 14.3. The lowest BCUT2D eigenvalue weighted by molar-refractivity contribution is -0.0525. The fourth-order valence-corrected chi connectivity index (χ4v) is 2.93. The van der Waals surface area contributed by atoms with Crippen LogP contribution in [0.3, 0.4) is 0 Å². The molecular formula is C20H21ClN4O2. The minimum absolute atomic E-state index is 0.359. The second-order valence-electron chi connectivity index (χ2n) is 5.92. The quantitative estimate of drug-likeness (QED) is 0.484. The number of amidine groups is 1. The first-order valence-corrected chi connectivity index (χ1v) is 8.83. The highest BCUT2D eigenvalue weighted by atomic mass is 35.5. The molecular weight excluding hydrogens is 364 g/mol. The lowest BCUT2D eigenvalue weighted by Gasteiger charge is -2.13. The van der Waals surface area contributed by atoms with E-state index in [2.05, 4.69) is 15.5 Å². The maximum atomic E-state index is 6.22. The maximum Gasteiger partial charge on any atom is 0.198 e. The topological polar surface area (TPSA) is 67.6 Å². The molecule has 1 N–H and O–H groups in total. The van der Waals surface area contributed by atoms with Gasteiger partial charge in [-0.3, -0.25) is 10.4 Å². The SMILES string of the molecule is COC(OC)/C(C)=N\NC1=Nc2ccc(Cl)cc2C(c2ccccc2)=NC1. The molecule has 1 aliphatic heterocycles. The predicted octanol–water partition coefficient (Wildman–Crippen LogP) is 3.81. The largest absolute Gasteiger partial charge is 0.351 e. The molecule has 0 unspecified atom stereocenters. The molecule has 0 aromatic heterocycles. The zero-order valence-electron chi connectivity index (χ0n) is 15.4. The zero-order chi connectivity index (χ0) is 19.2. The van der Waals surface area contributed by atoms with E-state index in [4.69, 9.17) is 26.1 Å². The van der Waals surface area contributed by atoms with Crippen LogP contribution in [0.15, 0.2) is 63.6 Å². The van der Waals surface area contributed by atoms with Crippen LogP contribution in [0.4, 0.5) is 5.69 Å². The van der Waals surface area contributed by atoms with Gasteiger partial charge in [0.25, 0.3) is 0 Å². The number of benzene rings is 2. The van der Waals surface area contributed by atoms with Crippen LogP contribution >= 0.6 is 11.6 Å². The Morgan fingerprint density at radius 2 is 1.89 bits per heavy atom. The second kappa shape index (κ2) is 8.90. The summed E-state index contributed by atoms with van der Waals surface area (Å²) in [5, 5.41) is 4.95. The summed E-state index contributed by atoms with van der Waals surface area (Å²) < 4.78 is 10.4. The summed E-state index contributed by atoms with van der Waals surface area (Å²) in [4.78, 5) is 9.44. The summed E-state index contributed by atoms with van der Waals surface area (Å²) in [6.07, 6.45) is -0.515. The van der Waals surface area contributed by atoms with Crippen molar-refractivity contribution in [3.63, 3.8) is 0 Å². The molecule has 0 saturated heterocycles. The van der Waals surface area contributed by atoms with E-state index in [0.29, 0.717) is 23.1 Å². The molecule has 27 heavy (non-hydrogen) atoms. The number of hydrogen-bond acceptors (Lipinski definition) is 6. The number of methoxy groups -OCH3 is 2. The van der Waals surface area contributed by atoms with Gasteiger partial charge in [-0.25, -0.2) is 4.99 Å². The van der Waals surface area contributed by atoms with Crippen molar-refractivity contribution >= 4 is 34.5 Å². The van der Waals surface area contributed by atoms with E-state index in [1.807, 2.05) is 55.5 Å². The summed E-state index contributed by atoms with van der Waals surface area (Å²) in [7, 11) is 3.12. The average molecular weight is 385 g/mol. The van der Waals surface area contributed by atoms with Crippen LogP contribution in [0, 0.1) is 0 Å². The number of halogens is 1. The van der Waals surface area contributed by atoms with Gasteiger partial charge in [0.05, 0.1) is 23.7 Å². The predicted molar refractivity (Wildman–Crippen MR) is 110 cm³/mol. The molecule has 0 atom stereocenters. The Hall–Kier alpha value is -2.54. The third kappa shape index (κ3) is 4.60. The maximum absolute atomic E-state index is 6.22. The molecule has 1 aliphatic rings. The Kier molecular flexibility index (Phi) is 6.34. The highest BCUT2D eigenvalue weighted by Gasteiger charge is 2.17. The Labute approximate surface area is 163 Å². The number of nitrogens with zero attached hydrogens (tertiary/aromatic N) is 3. The van der Waals surface area contributed by atoms with Gasteiger partial charge in [-0.1, -0.05) is 41.9 Å². The highest BCUT2D eigenvalue weighted by Crippen LogP contribution is 2.28. The average Bonchev–Trinajstić information content (AvgIpc) is 2.87. The zero-order valence-corrected chi connectivity index (χ0v) is 16.2. The molecule has 2 aromatic carbocycles. The van der Waals surface area contributed by atoms with Gasteiger partial charge in [0, 0.05) is 30.4 Å². The summed E-state index contributed by atoms with van der Waals surface area (Å²) in [5.41, 5.74) is 7.15. The third-order valence-electron chi connectivity index (χ3n) is 4.03. The van der Waals surface area contributed by atoms with Crippen LogP contribution in [-0.2, 0) is 9.47 Å². The molecule has 0 aliphatic carbocycles. The Morgan fingerprint density at radius 3 is 2.59 bits per heavy atom. The summed E-state index contributed by atoms with van der Waals surface area (Å²) in [6.45, 7) is 2.17. The van der Waals surface area contributed by atoms with Gasteiger partial charge < -0.3 is 9.47 Å². The minimum Gasteiger partial charge on any atom is -0.351 e. The van der Waals surface area contributed by atoms with Crippen LogP contribution in [0.5, 0.6) is 0 Å². The van der Waals surface area contributed by atoms with Gasteiger partial charge in [0.15, 0.2) is 6.29 Å². The van der Waals surface area contributed by atoms with Gasteiger partial charge in [0.1, 0.15) is 5.84 Å². The van der Waals surface area contributed by atoms with E-state index in [9.17, 15) is 0 Å². The molecule has 0 spiro atoms. The number of fused-ring (bicyclic) bond motifs is 1. The van der Waals surface area contributed by atoms with Crippen LogP contribution in [0.25, 0.3) is 0 Å². The van der Waals surface area contributed by atoms with E-state index < -0.39 is 6.29 Å². The van der Waals surface area contributed by atoms with Crippen molar-refractivity contribution in [2.45, 2.75) is 13.2 Å². The Bertz CT molecular complexity index is 890. The van der Waals surface area contributed by atoms with Crippen molar-refractivity contribution in [3.05, 3.63) is 64.7 Å². The molecule has 140 valence electrons. The molecule has 0 amide bonds. The third-order valence-corrected chi connectivity index (χ3v) is 4.27. The van der Waals surface area contributed by atoms with Crippen LogP contribution in [0.1, 0.15) is 18.1 Å². The molecule has 0 fully saturated rings. The molecule has 2 aromatic rings. The minimum atomic E-state index is -0.515. The molecule has 3 rings (SSSR count). The number of hydrogen-bond donors (Lipinski definition) is 1. The van der Waals surface area contributed by atoms with E-state index in [1.165, 1.54) is 0 Å². The Balaban J connectivity index is 1.95. The summed E-state index contributed by atoms with van der Waals surface area (Å²) in [6, 6.07) is 15.6. The number of hydrazone groups is 1. The second-order valence-corrected chi connectivity index (χ2v) is 6.36. The molecule has 0 bridgehead atoms. The van der Waals surface area contributed by atoms with Gasteiger partial charge in [-0.2, -0.15) is 5.10 Å². The van der Waals surface area contributed by atoms with Gasteiger partial charge >= 0.3 is 0 Å². The first-order valence-electron chi connectivity index (χ1n) is 8.45. The fraction of sp³-hybridized carbons (Fsp3) is 0.250. The van der Waals surface area contributed by atoms with E-state index >= 15 is 0 Å². The molecule has 0 saturated carbocycles. The monoisotopic (exact) mass is 384 g/mol. The molecule has 1 heterocycles. The number of ether oxygens (including phenoxy) is 2. The van der Waals surface area contributed by atoms with Crippen molar-refractivity contribution < 1.29 is 9.47 Å². The standard InChI is InChI=1S/C20H21ClN4O2/c1-13(20(26-2)27-3)24-25-18-12-22-19(14-7-5-4-6-8-14)16-11-15(21)9-10-17(16)23-18/h4-11,20H,12H2,1-3H3,(H,23,25)/b24-13-. The Morgan fingerprint density at radius 1 is 1.15 bits per heavy atom.